The van der Waals surface area contributed by atoms with Crippen molar-refractivity contribution in [2.75, 3.05) is 13.2 Å². The maximum Gasteiger partial charge on any atom is 0.306 e. The highest BCUT2D eigenvalue weighted by atomic mass is 16.6. The molecule has 0 rings (SSSR count). The third kappa shape index (κ3) is 65.7. The largest absolute Gasteiger partial charge is 0.462 e. The van der Waals surface area contributed by atoms with Gasteiger partial charge in [0.05, 0.1) is 0 Å². The number of carbonyl (C=O) groups is 3. The first-order chi connectivity index (χ1) is 40.0. The van der Waals surface area contributed by atoms with Crippen LogP contribution in [-0.4, -0.2) is 37.2 Å². The first-order valence-corrected chi connectivity index (χ1v) is 33.0. The first-order valence-electron chi connectivity index (χ1n) is 33.0. The Morgan fingerprint density at radius 2 is 0.481 bits per heavy atom. The molecule has 0 aliphatic rings. The average Bonchev–Trinajstić information content (AvgIpc) is 3.46. The maximum atomic E-state index is 12.9. The van der Waals surface area contributed by atoms with Gasteiger partial charge in [-0.3, -0.25) is 14.4 Å². The number of unbranched alkanes of at least 4 members (excludes halogenated alkanes) is 21. The van der Waals surface area contributed by atoms with Crippen LogP contribution >= 0.6 is 0 Å². The molecule has 0 N–H and O–H groups in total. The third-order valence-corrected chi connectivity index (χ3v) is 13.5. The van der Waals surface area contributed by atoms with E-state index in [9.17, 15) is 14.4 Å². The SMILES string of the molecule is CC/C=C\C/C=C\C/C=C\C/C=C\C/C=C\C/C=C\C/C=C\C/C=C\CCCCC(=O)OCC(COC(=O)CCCCCCCCCCCCCCC)OC(=O)CCCCCCCCC/C=C\C/C=C\C/C=C\C/C=C\C/C=C\CC. The first kappa shape index (κ1) is 76.0. The summed E-state index contributed by atoms with van der Waals surface area (Å²) in [6.07, 6.45) is 98.2. The summed E-state index contributed by atoms with van der Waals surface area (Å²) < 4.78 is 16.9. The molecule has 0 aromatic heterocycles. The van der Waals surface area contributed by atoms with Gasteiger partial charge in [-0.25, -0.2) is 0 Å². The van der Waals surface area contributed by atoms with Crippen LogP contribution in [0.2, 0.25) is 0 Å². The van der Waals surface area contributed by atoms with E-state index in [1.807, 2.05) is 0 Å². The summed E-state index contributed by atoms with van der Waals surface area (Å²) >= 11 is 0. The monoisotopic (exact) mass is 1120 g/mol. The number of hydrogen-bond acceptors (Lipinski definition) is 6. The van der Waals surface area contributed by atoms with Gasteiger partial charge in [0, 0.05) is 19.3 Å². The number of carbonyl (C=O) groups excluding carboxylic acids is 3. The maximum absolute atomic E-state index is 12.9. The number of hydrogen-bond donors (Lipinski definition) is 0. The standard InChI is InChI=1S/C75H120O6/c1-4-7-10-13-16-19-22-25-27-29-31-33-35-36-37-38-40-41-43-45-47-50-53-56-59-62-65-68-74(77)80-71-72(70-79-73(76)67-64-61-58-55-52-49-24-21-18-15-12-9-6-3)81-75(78)69-66-63-60-57-54-51-48-46-44-42-39-34-32-30-28-26-23-20-17-14-11-8-5-2/h7-8,10-11,16-17,19-20,25-28,31-34,36-37,40-42,44-45,47,53,56,72H,4-6,9,12-15,18,21-24,29-30,35,38-39,43,46,48-52,54-55,57-71H2,1-3H3/b10-7-,11-8-,19-16-,20-17-,27-25-,28-26-,33-31-,34-32-,37-36-,41-40-,44-42-,47-45-,56-53-. The van der Waals surface area contributed by atoms with Gasteiger partial charge in [0.25, 0.3) is 0 Å². The van der Waals surface area contributed by atoms with Crippen molar-refractivity contribution in [1.29, 1.82) is 0 Å². The molecular formula is C75H120O6. The molecule has 0 aliphatic carbocycles. The van der Waals surface area contributed by atoms with Crippen molar-refractivity contribution < 1.29 is 28.6 Å². The molecular weight excluding hydrogens is 997 g/mol. The van der Waals surface area contributed by atoms with Crippen LogP contribution in [0.1, 0.15) is 278 Å². The quantitative estimate of drug-likeness (QED) is 0.0261. The molecule has 0 fully saturated rings. The van der Waals surface area contributed by atoms with E-state index in [1.54, 1.807) is 0 Å². The van der Waals surface area contributed by atoms with E-state index in [0.717, 1.165) is 148 Å². The van der Waals surface area contributed by atoms with Crippen molar-refractivity contribution in [3.05, 3.63) is 158 Å². The highest BCUT2D eigenvalue weighted by molar-refractivity contribution is 5.71. The van der Waals surface area contributed by atoms with E-state index in [4.69, 9.17) is 14.2 Å². The zero-order valence-electron chi connectivity index (χ0n) is 52.2. The van der Waals surface area contributed by atoms with E-state index in [0.29, 0.717) is 25.7 Å². The minimum atomic E-state index is -0.810. The molecule has 0 bridgehead atoms. The topological polar surface area (TPSA) is 78.9 Å². The van der Waals surface area contributed by atoms with Gasteiger partial charge in [-0.2, -0.15) is 0 Å². The minimum absolute atomic E-state index is 0.101. The lowest BCUT2D eigenvalue weighted by Crippen LogP contribution is -2.30. The van der Waals surface area contributed by atoms with Crippen molar-refractivity contribution in [3.8, 4) is 0 Å². The number of allylic oxidation sites excluding steroid dienone is 26. The molecule has 0 heterocycles. The Morgan fingerprint density at radius 3 is 0.778 bits per heavy atom. The van der Waals surface area contributed by atoms with Gasteiger partial charge in [-0.05, 0) is 128 Å². The molecule has 0 amide bonds. The smallest absolute Gasteiger partial charge is 0.306 e. The summed E-state index contributed by atoms with van der Waals surface area (Å²) in [6, 6.07) is 0. The summed E-state index contributed by atoms with van der Waals surface area (Å²) in [7, 11) is 0. The molecule has 0 saturated carbocycles. The fourth-order valence-corrected chi connectivity index (χ4v) is 8.66. The Kier molecular flexibility index (Phi) is 63.4. The van der Waals surface area contributed by atoms with E-state index in [-0.39, 0.29) is 31.1 Å². The van der Waals surface area contributed by atoms with Crippen LogP contribution in [-0.2, 0) is 28.6 Å². The fourth-order valence-electron chi connectivity index (χ4n) is 8.66. The third-order valence-electron chi connectivity index (χ3n) is 13.5. The molecule has 0 saturated heterocycles. The summed E-state index contributed by atoms with van der Waals surface area (Å²) in [5.74, 6) is -0.957. The lowest BCUT2D eigenvalue weighted by atomic mass is 10.0. The predicted octanol–water partition coefficient (Wildman–Crippen LogP) is 22.9. The molecule has 0 spiro atoms. The van der Waals surface area contributed by atoms with Crippen molar-refractivity contribution in [1.82, 2.24) is 0 Å². The second kappa shape index (κ2) is 67.5. The van der Waals surface area contributed by atoms with Crippen LogP contribution < -0.4 is 0 Å². The second-order valence-corrected chi connectivity index (χ2v) is 21.3. The lowest BCUT2D eigenvalue weighted by molar-refractivity contribution is -0.167. The normalized spacial score (nSPS) is 13.2. The highest BCUT2D eigenvalue weighted by Gasteiger charge is 2.19. The minimum Gasteiger partial charge on any atom is -0.462 e. The summed E-state index contributed by atoms with van der Waals surface area (Å²) in [6.45, 7) is 6.37. The molecule has 1 atom stereocenters. The Hall–Kier alpha value is -4.97. The number of ether oxygens (including phenoxy) is 3. The fraction of sp³-hybridized carbons (Fsp3) is 0.613. The molecule has 81 heavy (non-hydrogen) atoms. The molecule has 6 heteroatoms. The van der Waals surface area contributed by atoms with Crippen LogP contribution in [0.4, 0.5) is 0 Å². The van der Waals surface area contributed by atoms with Gasteiger partial charge < -0.3 is 14.2 Å². The van der Waals surface area contributed by atoms with Gasteiger partial charge >= 0.3 is 17.9 Å². The van der Waals surface area contributed by atoms with E-state index in [1.165, 1.54) is 83.5 Å². The second-order valence-electron chi connectivity index (χ2n) is 21.3. The van der Waals surface area contributed by atoms with Gasteiger partial charge in [0.2, 0.25) is 0 Å². The molecule has 1 unspecified atom stereocenters. The van der Waals surface area contributed by atoms with Crippen molar-refractivity contribution in [3.63, 3.8) is 0 Å². The van der Waals surface area contributed by atoms with Crippen LogP contribution in [0.5, 0.6) is 0 Å². The van der Waals surface area contributed by atoms with Crippen LogP contribution in [0.25, 0.3) is 0 Å². The van der Waals surface area contributed by atoms with Gasteiger partial charge in [-0.1, -0.05) is 288 Å². The van der Waals surface area contributed by atoms with Crippen LogP contribution in [0, 0.1) is 0 Å². The van der Waals surface area contributed by atoms with E-state index in [2.05, 4.69) is 179 Å². The average molecular weight is 1120 g/mol. The van der Waals surface area contributed by atoms with Crippen LogP contribution in [0.3, 0.4) is 0 Å². The van der Waals surface area contributed by atoms with Crippen molar-refractivity contribution >= 4 is 17.9 Å². The molecule has 6 nitrogen and oxygen atoms in total. The van der Waals surface area contributed by atoms with E-state index >= 15 is 0 Å². The van der Waals surface area contributed by atoms with Crippen molar-refractivity contribution in [2.24, 2.45) is 0 Å². The summed E-state index contributed by atoms with van der Waals surface area (Å²) in [4.78, 5) is 38.3. The zero-order chi connectivity index (χ0) is 58.5. The molecule has 0 radical (unpaired) electrons. The number of esters is 3. The molecule has 456 valence electrons. The molecule has 0 aromatic carbocycles. The Bertz CT molecular complexity index is 1810. The Balaban J connectivity index is 4.47. The molecule has 0 aromatic rings. The van der Waals surface area contributed by atoms with E-state index < -0.39 is 6.10 Å². The Labute approximate surface area is 499 Å². The summed E-state index contributed by atoms with van der Waals surface area (Å²) in [5, 5.41) is 0. The van der Waals surface area contributed by atoms with Crippen molar-refractivity contribution in [2.45, 2.75) is 284 Å². The predicted molar refractivity (Wildman–Crippen MR) is 352 cm³/mol. The van der Waals surface area contributed by atoms with Crippen LogP contribution in [0.15, 0.2) is 158 Å². The Morgan fingerprint density at radius 1 is 0.259 bits per heavy atom. The van der Waals surface area contributed by atoms with Gasteiger partial charge in [0.1, 0.15) is 13.2 Å². The zero-order valence-corrected chi connectivity index (χ0v) is 52.2. The molecule has 0 aliphatic heterocycles. The number of rotatable bonds is 58. The highest BCUT2D eigenvalue weighted by Crippen LogP contribution is 2.15. The van der Waals surface area contributed by atoms with Gasteiger partial charge in [-0.15, -0.1) is 0 Å². The summed E-state index contributed by atoms with van der Waals surface area (Å²) in [5.41, 5.74) is 0. The lowest BCUT2D eigenvalue weighted by Gasteiger charge is -2.18. The van der Waals surface area contributed by atoms with Gasteiger partial charge in [0.15, 0.2) is 6.10 Å².